The summed E-state index contributed by atoms with van der Waals surface area (Å²) in [5.41, 5.74) is 8.78. The van der Waals surface area contributed by atoms with Crippen LogP contribution in [0.2, 0.25) is 0 Å². The van der Waals surface area contributed by atoms with Gasteiger partial charge in [0, 0.05) is 44.1 Å². The van der Waals surface area contributed by atoms with Crippen LogP contribution in [-0.4, -0.2) is 71.9 Å². The average molecular weight is 710 g/mol. The number of benzene rings is 2. The van der Waals surface area contributed by atoms with Crippen molar-refractivity contribution in [2.75, 3.05) is 42.6 Å². The van der Waals surface area contributed by atoms with Gasteiger partial charge in [-0.05, 0) is 68.7 Å². The Kier molecular flexibility index (Phi) is 12.1. The Labute approximate surface area is 294 Å². The number of aromatic nitrogens is 4. The Hall–Kier alpha value is -4.14. The van der Waals surface area contributed by atoms with Gasteiger partial charge in [-0.1, -0.05) is 61.8 Å². The molecule has 3 atom stereocenters. The number of aryl methyl sites for hydroxylation is 2. The van der Waals surface area contributed by atoms with Crippen LogP contribution in [0, 0.1) is 31.5 Å². The van der Waals surface area contributed by atoms with Crippen molar-refractivity contribution in [2.24, 2.45) is 17.6 Å². The van der Waals surface area contributed by atoms with Crippen molar-refractivity contribution in [2.45, 2.75) is 76.7 Å². The van der Waals surface area contributed by atoms with Gasteiger partial charge in [0.1, 0.15) is 5.82 Å². The molecule has 270 valence electrons. The van der Waals surface area contributed by atoms with Gasteiger partial charge in [-0.2, -0.15) is 13.4 Å². The van der Waals surface area contributed by atoms with E-state index in [0.717, 1.165) is 49.4 Å². The SMILES string of the molecule is Cc1ccc(S(=O)(=O)O)cc1.Cc1nc(N2C[C@H](c3ccccc3F)[C@@H](N)C2)ncc1OCC[C@@H](C)C1CCN(c2nc(C(C)C)no2)CC1. The zero-order valence-corrected chi connectivity index (χ0v) is 30.2. The molecule has 6 rings (SSSR count). The van der Waals surface area contributed by atoms with E-state index >= 15 is 0 Å². The molecular weight excluding hydrogens is 662 g/mol. The summed E-state index contributed by atoms with van der Waals surface area (Å²) in [5, 5.41) is 4.09. The van der Waals surface area contributed by atoms with Crippen LogP contribution in [0.4, 0.5) is 16.4 Å². The first-order valence-electron chi connectivity index (χ1n) is 17.1. The number of piperidine rings is 1. The molecule has 0 bridgehead atoms. The third-order valence-corrected chi connectivity index (χ3v) is 10.5. The van der Waals surface area contributed by atoms with Crippen molar-refractivity contribution in [1.82, 2.24) is 20.1 Å². The second-order valence-electron chi connectivity index (χ2n) is 13.6. The van der Waals surface area contributed by atoms with Crippen molar-refractivity contribution < 1.29 is 26.6 Å². The molecule has 2 saturated heterocycles. The first kappa shape index (κ1) is 37.1. The number of anilines is 2. The highest BCUT2D eigenvalue weighted by molar-refractivity contribution is 7.85. The highest BCUT2D eigenvalue weighted by Gasteiger charge is 2.34. The molecule has 4 heterocycles. The summed E-state index contributed by atoms with van der Waals surface area (Å²) in [6, 6.07) is 13.3. The molecule has 0 unspecified atom stereocenters. The summed E-state index contributed by atoms with van der Waals surface area (Å²) in [6.07, 6.45) is 4.92. The molecule has 2 aromatic carbocycles. The summed E-state index contributed by atoms with van der Waals surface area (Å²) in [7, 11) is -4.02. The fourth-order valence-corrected chi connectivity index (χ4v) is 6.86. The van der Waals surface area contributed by atoms with E-state index in [1.54, 1.807) is 24.4 Å². The minimum Gasteiger partial charge on any atom is -0.490 e. The third-order valence-electron chi connectivity index (χ3n) is 9.59. The lowest BCUT2D eigenvalue weighted by molar-refractivity contribution is 0.219. The lowest BCUT2D eigenvalue weighted by Gasteiger charge is -2.33. The molecule has 0 radical (unpaired) electrons. The summed E-state index contributed by atoms with van der Waals surface area (Å²) >= 11 is 0. The molecule has 0 aliphatic carbocycles. The predicted molar refractivity (Wildman–Crippen MR) is 190 cm³/mol. The zero-order chi connectivity index (χ0) is 36.0. The normalized spacial score (nSPS) is 19.0. The molecule has 2 aliphatic rings. The molecule has 0 spiro atoms. The second kappa shape index (κ2) is 16.3. The quantitative estimate of drug-likeness (QED) is 0.187. The number of hydrogen-bond donors (Lipinski definition) is 2. The molecule has 2 aromatic heterocycles. The van der Waals surface area contributed by atoms with Crippen LogP contribution in [0.3, 0.4) is 0 Å². The lowest BCUT2D eigenvalue weighted by atomic mass is 9.84. The van der Waals surface area contributed by atoms with Crippen molar-refractivity contribution in [1.29, 1.82) is 0 Å². The van der Waals surface area contributed by atoms with Crippen LogP contribution in [0.1, 0.15) is 74.5 Å². The van der Waals surface area contributed by atoms with Crippen LogP contribution in [0.15, 0.2) is 64.1 Å². The smallest absolute Gasteiger partial charge is 0.324 e. The Morgan fingerprint density at radius 3 is 2.34 bits per heavy atom. The number of halogens is 1. The summed E-state index contributed by atoms with van der Waals surface area (Å²) in [6.45, 7) is 13.9. The standard InChI is InChI=1S/C29H40FN7O2.C7H8O3S/c1-18(2)27-34-29(39-35-27)36-12-9-21(10-13-36)19(3)11-14-38-26-15-32-28(33-20(26)4)37-16-23(25(31)17-37)22-7-5-6-8-24(22)30;1-6-2-4-7(5-3-6)11(8,9)10/h5-8,15,18-19,21,23,25H,9-14,16-17,31H2,1-4H3;2-5H,1H3,(H,8,9,10)/t19-,23-,25+;/m1./s1. The fraction of sp³-hybridized carbons (Fsp3) is 0.500. The number of nitrogens with zero attached hydrogens (tertiary/aromatic N) is 6. The molecule has 50 heavy (non-hydrogen) atoms. The first-order chi connectivity index (χ1) is 23.8. The van der Waals surface area contributed by atoms with Gasteiger partial charge < -0.3 is 24.8 Å². The van der Waals surface area contributed by atoms with E-state index in [9.17, 15) is 12.8 Å². The highest BCUT2D eigenvalue weighted by Crippen LogP contribution is 2.32. The van der Waals surface area contributed by atoms with Crippen LogP contribution >= 0.6 is 0 Å². The van der Waals surface area contributed by atoms with E-state index < -0.39 is 10.1 Å². The van der Waals surface area contributed by atoms with E-state index in [0.29, 0.717) is 54.8 Å². The van der Waals surface area contributed by atoms with E-state index in [1.807, 2.05) is 30.9 Å². The summed E-state index contributed by atoms with van der Waals surface area (Å²) < 4.78 is 55.5. The number of rotatable bonds is 10. The molecule has 2 fully saturated rings. The van der Waals surface area contributed by atoms with Crippen molar-refractivity contribution in [3.8, 4) is 5.75 Å². The maximum Gasteiger partial charge on any atom is 0.324 e. The van der Waals surface area contributed by atoms with Gasteiger partial charge in [0.25, 0.3) is 10.1 Å². The Bertz CT molecular complexity index is 1810. The van der Waals surface area contributed by atoms with Gasteiger partial charge in [0.2, 0.25) is 5.95 Å². The molecule has 2 aliphatic heterocycles. The van der Waals surface area contributed by atoms with Gasteiger partial charge >= 0.3 is 6.01 Å². The van der Waals surface area contributed by atoms with E-state index in [2.05, 4.69) is 40.8 Å². The number of ether oxygens (including phenoxy) is 1. The zero-order valence-electron chi connectivity index (χ0n) is 29.4. The molecule has 0 saturated carbocycles. The fourth-order valence-electron chi connectivity index (χ4n) is 6.38. The van der Waals surface area contributed by atoms with Crippen LogP contribution in [0.25, 0.3) is 0 Å². The molecule has 3 N–H and O–H groups in total. The minimum absolute atomic E-state index is 0.0666. The van der Waals surface area contributed by atoms with Crippen LogP contribution < -0.4 is 20.3 Å². The van der Waals surface area contributed by atoms with Gasteiger partial charge in [0.15, 0.2) is 11.6 Å². The van der Waals surface area contributed by atoms with Gasteiger partial charge in [-0.15, -0.1) is 0 Å². The second-order valence-corrected chi connectivity index (χ2v) is 15.1. The first-order valence-corrected chi connectivity index (χ1v) is 18.6. The lowest BCUT2D eigenvalue weighted by Crippen LogP contribution is -2.36. The summed E-state index contributed by atoms with van der Waals surface area (Å²) in [4.78, 5) is 18.0. The monoisotopic (exact) mass is 709 g/mol. The maximum atomic E-state index is 14.3. The summed E-state index contributed by atoms with van der Waals surface area (Å²) in [5.74, 6) is 3.21. The average Bonchev–Trinajstić information content (AvgIpc) is 3.74. The van der Waals surface area contributed by atoms with Crippen molar-refractivity contribution in [3.05, 3.63) is 83.2 Å². The maximum absolute atomic E-state index is 14.3. The predicted octanol–water partition coefficient (Wildman–Crippen LogP) is 5.92. The van der Waals surface area contributed by atoms with Crippen LogP contribution in [0.5, 0.6) is 5.75 Å². The number of nitrogens with two attached hydrogens (primary N) is 1. The van der Waals surface area contributed by atoms with E-state index in [-0.39, 0.29) is 28.6 Å². The Morgan fingerprint density at radius 2 is 1.72 bits per heavy atom. The van der Waals surface area contributed by atoms with Crippen molar-refractivity contribution >= 4 is 22.1 Å². The Balaban J connectivity index is 0.000000377. The van der Waals surface area contributed by atoms with Gasteiger partial charge in [-0.3, -0.25) is 4.55 Å². The minimum atomic E-state index is -4.02. The molecule has 0 amide bonds. The van der Waals surface area contributed by atoms with E-state index in [1.165, 1.54) is 18.2 Å². The largest absolute Gasteiger partial charge is 0.490 e. The van der Waals surface area contributed by atoms with E-state index in [4.69, 9.17) is 24.5 Å². The molecule has 14 heteroatoms. The van der Waals surface area contributed by atoms with Gasteiger partial charge in [0.05, 0.1) is 23.4 Å². The highest BCUT2D eigenvalue weighted by atomic mass is 32.2. The van der Waals surface area contributed by atoms with Crippen LogP contribution in [-0.2, 0) is 10.1 Å². The van der Waals surface area contributed by atoms with Gasteiger partial charge in [-0.25, -0.2) is 14.4 Å². The van der Waals surface area contributed by atoms with Crippen molar-refractivity contribution in [3.63, 3.8) is 0 Å². The topological polar surface area (TPSA) is 161 Å². The number of hydrogen-bond acceptors (Lipinski definition) is 11. The Morgan fingerprint density at radius 1 is 1.02 bits per heavy atom. The molecular formula is C36H48FN7O5S. The molecule has 12 nitrogen and oxygen atoms in total. The molecule has 4 aromatic rings. The third kappa shape index (κ3) is 9.34.